The van der Waals surface area contributed by atoms with Crippen LogP contribution in [0.3, 0.4) is 0 Å². The van der Waals surface area contributed by atoms with Gasteiger partial charge in [-0.15, -0.1) is 0 Å². The lowest BCUT2D eigenvalue weighted by Gasteiger charge is -2.22. The molecule has 0 spiro atoms. The number of carbonyl (C=O) groups is 3. The van der Waals surface area contributed by atoms with E-state index in [2.05, 4.69) is 5.32 Å². The molecule has 1 N–H and O–H groups in total. The Bertz CT molecular complexity index is 617. The summed E-state index contributed by atoms with van der Waals surface area (Å²) in [6.45, 7) is 3.96. The van der Waals surface area contributed by atoms with Crippen LogP contribution in [0.5, 0.6) is 5.75 Å². The Labute approximate surface area is 140 Å². The molecule has 1 aromatic carbocycles. The first-order chi connectivity index (χ1) is 11.5. The Morgan fingerprint density at radius 1 is 1.38 bits per heavy atom. The van der Waals surface area contributed by atoms with E-state index in [0.717, 1.165) is 6.42 Å². The van der Waals surface area contributed by atoms with Crippen molar-refractivity contribution in [2.45, 2.75) is 32.8 Å². The van der Waals surface area contributed by atoms with Crippen LogP contribution < -0.4 is 15.0 Å². The van der Waals surface area contributed by atoms with Crippen LogP contribution in [0.2, 0.25) is 0 Å². The summed E-state index contributed by atoms with van der Waals surface area (Å²) in [6.07, 6.45) is 0.0672. The second-order valence-corrected chi connectivity index (χ2v) is 5.47. The summed E-state index contributed by atoms with van der Waals surface area (Å²) in [6, 6.07) is 7.02. The smallest absolute Gasteiger partial charge is 0.326 e. The lowest BCUT2D eigenvalue weighted by molar-refractivity contribution is -0.153. The van der Waals surface area contributed by atoms with Crippen LogP contribution in [0, 0.1) is 0 Å². The number of carbonyl (C=O) groups excluding carboxylic acids is 3. The van der Waals surface area contributed by atoms with E-state index in [4.69, 9.17) is 9.47 Å². The number of esters is 1. The maximum absolute atomic E-state index is 12.2. The fourth-order valence-corrected chi connectivity index (χ4v) is 2.30. The lowest BCUT2D eigenvalue weighted by atomic mass is 10.2. The molecule has 1 aliphatic rings. The first kappa shape index (κ1) is 17.8. The Kier molecular flexibility index (Phi) is 6.17. The summed E-state index contributed by atoms with van der Waals surface area (Å²) in [4.78, 5) is 37.5. The zero-order valence-corrected chi connectivity index (χ0v) is 13.9. The van der Waals surface area contributed by atoms with Crippen LogP contribution in [0.1, 0.15) is 26.7 Å². The molecule has 2 amide bonds. The molecule has 0 aromatic heterocycles. The second kappa shape index (κ2) is 8.33. The number of rotatable bonds is 6. The summed E-state index contributed by atoms with van der Waals surface area (Å²) >= 11 is 0. The van der Waals surface area contributed by atoms with Gasteiger partial charge in [0.05, 0.1) is 18.7 Å². The highest BCUT2D eigenvalue weighted by atomic mass is 16.5. The van der Waals surface area contributed by atoms with Gasteiger partial charge < -0.3 is 14.8 Å². The zero-order valence-electron chi connectivity index (χ0n) is 13.9. The number of ether oxygens (including phenoxy) is 2. The first-order valence-corrected chi connectivity index (χ1v) is 8.02. The summed E-state index contributed by atoms with van der Waals surface area (Å²) in [5, 5.41) is 2.66. The van der Waals surface area contributed by atoms with Crippen molar-refractivity contribution in [2.75, 3.05) is 24.6 Å². The van der Waals surface area contributed by atoms with Gasteiger partial charge in [0.1, 0.15) is 12.3 Å². The molecule has 130 valence electrons. The van der Waals surface area contributed by atoms with Crippen molar-refractivity contribution in [2.24, 2.45) is 0 Å². The molecule has 7 nitrogen and oxygen atoms in total. The van der Waals surface area contributed by atoms with Crippen molar-refractivity contribution < 1.29 is 23.9 Å². The molecule has 0 unspecified atom stereocenters. The quantitative estimate of drug-likeness (QED) is 0.792. The van der Waals surface area contributed by atoms with Crippen molar-refractivity contribution in [3.05, 3.63) is 24.3 Å². The van der Waals surface area contributed by atoms with Gasteiger partial charge in [0.2, 0.25) is 5.91 Å². The average molecular weight is 334 g/mol. The number of anilines is 1. The summed E-state index contributed by atoms with van der Waals surface area (Å²) in [5.74, 6) is -0.666. The van der Waals surface area contributed by atoms with Crippen LogP contribution in [-0.4, -0.2) is 43.6 Å². The minimum atomic E-state index is -0.905. The molecule has 1 atom stereocenters. The highest BCUT2D eigenvalue weighted by Crippen LogP contribution is 2.30. The minimum Gasteiger partial charge on any atom is -0.491 e. The number of amides is 2. The zero-order chi connectivity index (χ0) is 17.5. The maximum Gasteiger partial charge on any atom is 0.326 e. The maximum atomic E-state index is 12.2. The second-order valence-electron chi connectivity index (χ2n) is 5.47. The van der Waals surface area contributed by atoms with Crippen LogP contribution in [0.4, 0.5) is 5.69 Å². The molecular weight excluding hydrogens is 312 g/mol. The Hall–Kier alpha value is -2.57. The molecular formula is C17H22N2O5. The fraction of sp³-hybridized carbons (Fsp3) is 0.471. The van der Waals surface area contributed by atoms with E-state index in [9.17, 15) is 14.4 Å². The third kappa shape index (κ3) is 4.47. The van der Waals surface area contributed by atoms with E-state index >= 15 is 0 Å². The normalized spacial score (nSPS) is 14.9. The fourth-order valence-electron chi connectivity index (χ4n) is 2.30. The number of hydrogen-bond donors (Lipinski definition) is 1. The summed E-state index contributed by atoms with van der Waals surface area (Å²) in [7, 11) is 0. The highest BCUT2D eigenvalue weighted by Gasteiger charge is 2.27. The molecule has 24 heavy (non-hydrogen) atoms. The third-order valence-electron chi connectivity index (χ3n) is 3.54. The van der Waals surface area contributed by atoms with Crippen molar-refractivity contribution in [1.29, 1.82) is 0 Å². The topological polar surface area (TPSA) is 84.9 Å². The van der Waals surface area contributed by atoms with Crippen molar-refractivity contribution in [1.82, 2.24) is 5.32 Å². The van der Waals surface area contributed by atoms with Crippen molar-refractivity contribution in [3.8, 4) is 5.75 Å². The third-order valence-corrected chi connectivity index (χ3v) is 3.54. The predicted octanol–water partition coefficient (Wildman–Crippen LogP) is 1.26. The molecule has 1 heterocycles. The van der Waals surface area contributed by atoms with Crippen molar-refractivity contribution in [3.63, 3.8) is 0 Å². The Balaban J connectivity index is 2.02. The monoisotopic (exact) mass is 334 g/mol. The molecule has 0 saturated carbocycles. The molecule has 0 saturated heterocycles. The molecule has 1 aliphatic heterocycles. The van der Waals surface area contributed by atoms with Gasteiger partial charge in [-0.2, -0.15) is 0 Å². The SMILES string of the molecule is CCCNC(=O)[C@@H](C)OC(=O)CN1C(=O)CCOc2ccccc21. The number of para-hydroxylation sites is 2. The van der Waals surface area contributed by atoms with Gasteiger partial charge in [-0.05, 0) is 25.5 Å². The Morgan fingerprint density at radius 2 is 2.12 bits per heavy atom. The predicted molar refractivity (Wildman–Crippen MR) is 87.8 cm³/mol. The standard InChI is InChI=1S/C17H22N2O5/c1-3-9-18-17(22)12(2)24-16(21)11-19-13-6-4-5-7-14(13)23-10-8-15(19)20/h4-7,12H,3,8-11H2,1-2H3,(H,18,22)/t12-/m1/s1. The van der Waals surface area contributed by atoms with Crippen LogP contribution >= 0.6 is 0 Å². The number of benzene rings is 1. The van der Waals surface area contributed by atoms with Gasteiger partial charge in [0.25, 0.3) is 5.91 Å². The van der Waals surface area contributed by atoms with E-state index in [1.165, 1.54) is 11.8 Å². The summed E-state index contributed by atoms with van der Waals surface area (Å²) < 4.78 is 10.6. The largest absolute Gasteiger partial charge is 0.491 e. The van der Waals surface area contributed by atoms with Gasteiger partial charge in [-0.25, -0.2) is 0 Å². The van der Waals surface area contributed by atoms with Crippen LogP contribution in [0.15, 0.2) is 24.3 Å². The summed E-state index contributed by atoms with van der Waals surface area (Å²) in [5.41, 5.74) is 0.528. The average Bonchev–Trinajstić information content (AvgIpc) is 2.72. The van der Waals surface area contributed by atoms with E-state index < -0.39 is 12.1 Å². The van der Waals surface area contributed by atoms with Crippen LogP contribution in [0.25, 0.3) is 0 Å². The van der Waals surface area contributed by atoms with Crippen LogP contribution in [-0.2, 0) is 19.1 Å². The number of nitrogens with zero attached hydrogens (tertiary/aromatic N) is 1. The minimum absolute atomic E-state index is 0.175. The van der Waals surface area contributed by atoms with Crippen molar-refractivity contribution >= 4 is 23.5 Å². The molecule has 0 radical (unpaired) electrons. The first-order valence-electron chi connectivity index (χ1n) is 8.02. The molecule has 2 rings (SSSR count). The van der Waals surface area contributed by atoms with E-state index in [0.29, 0.717) is 18.0 Å². The molecule has 1 aromatic rings. The number of nitrogens with one attached hydrogen (secondary N) is 1. The highest BCUT2D eigenvalue weighted by molar-refractivity contribution is 5.99. The molecule has 7 heteroatoms. The lowest BCUT2D eigenvalue weighted by Crippen LogP contribution is -2.40. The number of fused-ring (bicyclic) bond motifs is 1. The molecule has 0 bridgehead atoms. The van der Waals surface area contributed by atoms with Gasteiger partial charge in [-0.1, -0.05) is 19.1 Å². The van der Waals surface area contributed by atoms with E-state index in [-0.39, 0.29) is 31.4 Å². The van der Waals surface area contributed by atoms with E-state index in [1.807, 2.05) is 6.92 Å². The van der Waals surface area contributed by atoms with E-state index in [1.54, 1.807) is 24.3 Å². The number of hydrogen-bond acceptors (Lipinski definition) is 5. The van der Waals surface area contributed by atoms with Gasteiger partial charge in [-0.3, -0.25) is 19.3 Å². The van der Waals surface area contributed by atoms with Gasteiger partial charge in [0.15, 0.2) is 6.10 Å². The van der Waals surface area contributed by atoms with Gasteiger partial charge in [0, 0.05) is 6.54 Å². The Morgan fingerprint density at radius 3 is 2.88 bits per heavy atom. The molecule has 0 fully saturated rings. The molecule has 0 aliphatic carbocycles. The van der Waals surface area contributed by atoms with Gasteiger partial charge >= 0.3 is 5.97 Å².